The van der Waals surface area contributed by atoms with Crippen molar-refractivity contribution in [3.63, 3.8) is 0 Å². The van der Waals surface area contributed by atoms with Crippen LogP contribution in [-0.2, 0) is 4.79 Å². The topological polar surface area (TPSA) is 64.3 Å². The van der Waals surface area contributed by atoms with Crippen molar-refractivity contribution in [1.82, 2.24) is 5.32 Å². The summed E-state index contributed by atoms with van der Waals surface area (Å²) in [6.45, 7) is 6.31. The van der Waals surface area contributed by atoms with Crippen LogP contribution in [-0.4, -0.2) is 18.6 Å². The van der Waals surface area contributed by atoms with Crippen LogP contribution in [0.3, 0.4) is 0 Å². The summed E-state index contributed by atoms with van der Waals surface area (Å²) in [6.07, 6.45) is 0.394. The zero-order valence-electron chi connectivity index (χ0n) is 11.3. The molecule has 0 saturated heterocycles. The maximum absolute atomic E-state index is 11.7. The van der Waals surface area contributed by atoms with Gasteiger partial charge in [0, 0.05) is 18.2 Å². The van der Waals surface area contributed by atoms with Crippen LogP contribution in [0.15, 0.2) is 24.3 Å². The minimum Gasteiger partial charge on any atom is -0.481 e. The highest BCUT2D eigenvalue weighted by Gasteiger charge is 2.16. The predicted molar refractivity (Wildman–Crippen MR) is 72.4 cm³/mol. The summed E-state index contributed by atoms with van der Waals surface area (Å²) in [6, 6.07) is 7.41. The summed E-state index contributed by atoms with van der Waals surface area (Å²) in [5, 5.41) is 2.81. The molecule has 1 aromatic rings. The molecule has 0 bridgehead atoms. The molecule has 0 aromatic heterocycles. The second-order valence-electron chi connectivity index (χ2n) is 4.38. The lowest BCUT2D eigenvalue weighted by atomic mass is 10.1. The fourth-order valence-corrected chi connectivity index (χ4v) is 1.60. The van der Waals surface area contributed by atoms with E-state index in [2.05, 4.69) is 5.32 Å². The zero-order valence-corrected chi connectivity index (χ0v) is 11.3. The van der Waals surface area contributed by atoms with Crippen molar-refractivity contribution >= 4 is 5.91 Å². The van der Waals surface area contributed by atoms with Crippen LogP contribution >= 0.6 is 0 Å². The first kappa shape index (κ1) is 14.5. The third-order valence-corrected chi connectivity index (χ3v) is 2.63. The normalized spacial score (nSPS) is 13.8. The van der Waals surface area contributed by atoms with Crippen molar-refractivity contribution in [2.45, 2.75) is 39.3 Å². The van der Waals surface area contributed by atoms with Gasteiger partial charge in [-0.2, -0.15) is 0 Å². The van der Waals surface area contributed by atoms with Crippen LogP contribution in [0.25, 0.3) is 0 Å². The quantitative estimate of drug-likeness (QED) is 0.811. The number of hydrogen-bond acceptors (Lipinski definition) is 3. The van der Waals surface area contributed by atoms with Gasteiger partial charge >= 0.3 is 0 Å². The second-order valence-corrected chi connectivity index (χ2v) is 4.38. The SMILES string of the molecule is CCCNC(=O)C(C)Oc1ccccc1[C@@H](C)N. The first-order valence-electron chi connectivity index (χ1n) is 6.35. The largest absolute Gasteiger partial charge is 0.481 e. The number of nitrogens with one attached hydrogen (secondary N) is 1. The molecule has 0 saturated carbocycles. The molecule has 4 heteroatoms. The van der Waals surface area contributed by atoms with E-state index in [4.69, 9.17) is 10.5 Å². The highest BCUT2D eigenvalue weighted by molar-refractivity contribution is 5.80. The van der Waals surface area contributed by atoms with Crippen LogP contribution in [0.2, 0.25) is 0 Å². The van der Waals surface area contributed by atoms with E-state index in [1.165, 1.54) is 0 Å². The third-order valence-electron chi connectivity index (χ3n) is 2.63. The number of carbonyl (C=O) groups is 1. The summed E-state index contributed by atoms with van der Waals surface area (Å²) in [7, 11) is 0. The number of rotatable bonds is 6. The Morgan fingerprint density at radius 1 is 1.39 bits per heavy atom. The Bertz CT molecular complexity index is 391. The van der Waals surface area contributed by atoms with Crippen LogP contribution in [0.1, 0.15) is 38.8 Å². The van der Waals surface area contributed by atoms with Gasteiger partial charge in [-0.15, -0.1) is 0 Å². The molecule has 3 N–H and O–H groups in total. The molecular weight excluding hydrogens is 228 g/mol. The van der Waals surface area contributed by atoms with Gasteiger partial charge in [-0.05, 0) is 26.3 Å². The molecular formula is C14H22N2O2. The van der Waals surface area contributed by atoms with Crippen LogP contribution in [0, 0.1) is 0 Å². The molecule has 18 heavy (non-hydrogen) atoms. The maximum Gasteiger partial charge on any atom is 0.260 e. The maximum atomic E-state index is 11.7. The highest BCUT2D eigenvalue weighted by Crippen LogP contribution is 2.24. The van der Waals surface area contributed by atoms with Crippen molar-refractivity contribution in [3.05, 3.63) is 29.8 Å². The van der Waals surface area contributed by atoms with E-state index in [0.29, 0.717) is 12.3 Å². The first-order valence-corrected chi connectivity index (χ1v) is 6.35. The van der Waals surface area contributed by atoms with Crippen molar-refractivity contribution < 1.29 is 9.53 Å². The van der Waals surface area contributed by atoms with Gasteiger partial charge in [-0.3, -0.25) is 4.79 Å². The molecule has 0 aliphatic rings. The van der Waals surface area contributed by atoms with Gasteiger partial charge < -0.3 is 15.8 Å². The van der Waals surface area contributed by atoms with Crippen LogP contribution in [0.4, 0.5) is 0 Å². The van der Waals surface area contributed by atoms with Crippen LogP contribution in [0.5, 0.6) is 5.75 Å². The molecule has 1 unspecified atom stereocenters. The fourth-order valence-electron chi connectivity index (χ4n) is 1.60. The molecule has 0 aliphatic carbocycles. The number of amides is 1. The first-order chi connectivity index (χ1) is 8.56. The molecule has 1 rings (SSSR count). The van der Waals surface area contributed by atoms with E-state index in [1.807, 2.05) is 38.1 Å². The molecule has 0 spiro atoms. The molecule has 0 heterocycles. The van der Waals surface area contributed by atoms with E-state index in [9.17, 15) is 4.79 Å². The molecule has 0 aliphatic heterocycles. The second kappa shape index (κ2) is 7.01. The summed E-state index contributed by atoms with van der Waals surface area (Å²) >= 11 is 0. The predicted octanol–water partition coefficient (Wildman–Crippen LogP) is 2.00. The Balaban J connectivity index is 2.69. The highest BCUT2D eigenvalue weighted by atomic mass is 16.5. The standard InChI is InChI=1S/C14H22N2O2/c1-4-9-16-14(17)11(3)18-13-8-6-5-7-12(13)10(2)15/h5-8,10-11H,4,9,15H2,1-3H3,(H,16,17)/t10-,11?/m1/s1. The number of nitrogens with two attached hydrogens (primary N) is 1. The Morgan fingerprint density at radius 3 is 2.67 bits per heavy atom. The van der Waals surface area contributed by atoms with Crippen molar-refractivity contribution in [2.24, 2.45) is 5.73 Å². The van der Waals surface area contributed by atoms with E-state index < -0.39 is 6.10 Å². The number of ether oxygens (including phenoxy) is 1. The van der Waals surface area contributed by atoms with E-state index in [1.54, 1.807) is 6.92 Å². The summed E-state index contributed by atoms with van der Waals surface area (Å²) < 4.78 is 5.67. The average Bonchev–Trinajstić information content (AvgIpc) is 2.36. The monoisotopic (exact) mass is 250 g/mol. The molecule has 1 amide bonds. The summed E-state index contributed by atoms with van der Waals surface area (Å²) in [5.74, 6) is 0.572. The third kappa shape index (κ3) is 4.04. The Labute approximate surface area is 109 Å². The average molecular weight is 250 g/mol. The Kier molecular flexibility index (Phi) is 5.65. The Morgan fingerprint density at radius 2 is 2.06 bits per heavy atom. The van der Waals surface area contributed by atoms with Gasteiger partial charge in [-0.25, -0.2) is 0 Å². The van der Waals surface area contributed by atoms with Crippen molar-refractivity contribution in [3.8, 4) is 5.75 Å². The minimum absolute atomic E-state index is 0.101. The number of benzene rings is 1. The lowest BCUT2D eigenvalue weighted by Crippen LogP contribution is -2.36. The minimum atomic E-state index is -0.517. The van der Waals surface area contributed by atoms with Gasteiger partial charge in [0.15, 0.2) is 6.10 Å². The number of para-hydroxylation sites is 1. The van der Waals surface area contributed by atoms with E-state index in [0.717, 1.165) is 12.0 Å². The Hall–Kier alpha value is -1.55. The number of carbonyl (C=O) groups excluding carboxylic acids is 1. The van der Waals surface area contributed by atoms with Gasteiger partial charge in [0.2, 0.25) is 0 Å². The zero-order chi connectivity index (χ0) is 13.5. The van der Waals surface area contributed by atoms with E-state index >= 15 is 0 Å². The fraction of sp³-hybridized carbons (Fsp3) is 0.500. The summed E-state index contributed by atoms with van der Waals surface area (Å²) in [5.41, 5.74) is 6.78. The van der Waals surface area contributed by atoms with Gasteiger partial charge in [0.05, 0.1) is 0 Å². The summed E-state index contributed by atoms with van der Waals surface area (Å²) in [4.78, 5) is 11.7. The molecule has 0 radical (unpaired) electrons. The molecule has 2 atom stereocenters. The molecule has 0 fully saturated rings. The van der Waals surface area contributed by atoms with Gasteiger partial charge in [0.25, 0.3) is 5.91 Å². The van der Waals surface area contributed by atoms with Crippen molar-refractivity contribution in [2.75, 3.05) is 6.54 Å². The van der Waals surface area contributed by atoms with Gasteiger partial charge in [-0.1, -0.05) is 25.1 Å². The number of hydrogen-bond donors (Lipinski definition) is 2. The lowest BCUT2D eigenvalue weighted by molar-refractivity contribution is -0.127. The molecule has 100 valence electrons. The van der Waals surface area contributed by atoms with E-state index in [-0.39, 0.29) is 11.9 Å². The molecule has 1 aromatic carbocycles. The molecule has 4 nitrogen and oxygen atoms in total. The lowest BCUT2D eigenvalue weighted by Gasteiger charge is -2.18. The van der Waals surface area contributed by atoms with Crippen molar-refractivity contribution in [1.29, 1.82) is 0 Å². The van der Waals surface area contributed by atoms with Gasteiger partial charge in [0.1, 0.15) is 5.75 Å². The van der Waals surface area contributed by atoms with Crippen LogP contribution < -0.4 is 15.8 Å². The smallest absolute Gasteiger partial charge is 0.260 e.